The lowest BCUT2D eigenvalue weighted by molar-refractivity contribution is -0.143. The Balaban J connectivity index is 1.43. The molecule has 2 amide bonds. The van der Waals surface area contributed by atoms with Crippen LogP contribution in [0, 0.1) is 11.3 Å². The van der Waals surface area contributed by atoms with E-state index in [0.717, 1.165) is 29.7 Å². The Bertz CT molecular complexity index is 1350. The minimum atomic E-state index is -0.908. The number of unbranched alkanes of at least 4 members (excludes halogenated alkanes) is 1. The third kappa shape index (κ3) is 6.80. The summed E-state index contributed by atoms with van der Waals surface area (Å²) in [4.78, 5) is 45.4. The minimum Gasteiger partial charge on any atom is -0.481 e. The van der Waals surface area contributed by atoms with Crippen LogP contribution < -0.4 is 20.1 Å². The number of ether oxygens (including phenoxy) is 2. The van der Waals surface area contributed by atoms with Gasteiger partial charge in [0.05, 0.1) is 12.5 Å². The second kappa shape index (κ2) is 12.9. The maximum Gasteiger partial charge on any atom is 0.308 e. The van der Waals surface area contributed by atoms with E-state index in [2.05, 4.69) is 20.8 Å². The standard InChI is InChI=1S/C33H44N4O6/c1-4-5-12-37(24-8-6-7-22(14-24)17-34)30(39)19-36-18-25(23-9-10-27-28(15-23)43-21-42-27)31(32(40)41)26(36)11-13-35-20-33(2,3)16-29(35)38/h6-10,14-15,25-26,31H,4-5,11-13,16-21,34H2,1-3H3,(H,40,41)/t25-,26+,31?/m1/s1. The van der Waals surface area contributed by atoms with Gasteiger partial charge in [-0.05, 0) is 53.6 Å². The van der Waals surface area contributed by atoms with Crippen LogP contribution in [-0.4, -0.2) is 78.2 Å². The predicted octanol–water partition coefficient (Wildman–Crippen LogP) is 3.82. The molecule has 10 nitrogen and oxygen atoms in total. The molecule has 2 fully saturated rings. The Hall–Kier alpha value is -3.63. The number of carbonyl (C=O) groups excluding carboxylic acids is 2. The first-order valence-electron chi connectivity index (χ1n) is 15.3. The molecule has 43 heavy (non-hydrogen) atoms. The molecule has 0 spiro atoms. The predicted molar refractivity (Wildman–Crippen MR) is 163 cm³/mol. The molecule has 0 aliphatic carbocycles. The second-order valence-corrected chi connectivity index (χ2v) is 12.8. The lowest BCUT2D eigenvalue weighted by Crippen LogP contribution is -2.45. The number of amides is 2. The van der Waals surface area contributed by atoms with Crippen molar-refractivity contribution in [1.82, 2.24) is 9.80 Å². The summed E-state index contributed by atoms with van der Waals surface area (Å²) in [6.07, 6.45) is 2.72. The van der Waals surface area contributed by atoms with Crippen LogP contribution in [0.3, 0.4) is 0 Å². The molecule has 0 bridgehead atoms. The zero-order valence-electron chi connectivity index (χ0n) is 25.5. The Kier molecular flexibility index (Phi) is 9.27. The van der Waals surface area contributed by atoms with Gasteiger partial charge >= 0.3 is 5.97 Å². The van der Waals surface area contributed by atoms with E-state index in [1.807, 2.05) is 52.3 Å². The fourth-order valence-corrected chi connectivity index (χ4v) is 6.83. The van der Waals surface area contributed by atoms with Gasteiger partial charge in [0, 0.05) is 56.8 Å². The summed E-state index contributed by atoms with van der Waals surface area (Å²) >= 11 is 0. The smallest absolute Gasteiger partial charge is 0.308 e. The highest BCUT2D eigenvalue weighted by molar-refractivity contribution is 5.95. The van der Waals surface area contributed by atoms with Gasteiger partial charge in [0.15, 0.2) is 11.5 Å². The number of carboxylic acid groups (broad SMARTS) is 1. The van der Waals surface area contributed by atoms with Crippen molar-refractivity contribution in [3.05, 3.63) is 53.6 Å². The third-order valence-electron chi connectivity index (χ3n) is 8.99. The first kappa shape index (κ1) is 30.8. The highest BCUT2D eigenvalue weighted by Gasteiger charge is 2.48. The molecule has 2 aromatic rings. The van der Waals surface area contributed by atoms with E-state index < -0.39 is 17.9 Å². The van der Waals surface area contributed by atoms with Gasteiger partial charge in [-0.1, -0.05) is 45.4 Å². The molecule has 3 heterocycles. The van der Waals surface area contributed by atoms with Crippen molar-refractivity contribution in [2.45, 2.75) is 65.0 Å². The average Bonchev–Trinajstić information content (AvgIpc) is 3.66. The number of hydrogen-bond acceptors (Lipinski definition) is 7. The van der Waals surface area contributed by atoms with Crippen LogP contribution in [0.1, 0.15) is 63.5 Å². The Morgan fingerprint density at radius 1 is 1.14 bits per heavy atom. The van der Waals surface area contributed by atoms with Crippen molar-refractivity contribution in [3.63, 3.8) is 0 Å². The van der Waals surface area contributed by atoms with Gasteiger partial charge < -0.3 is 30.1 Å². The summed E-state index contributed by atoms with van der Waals surface area (Å²) in [6.45, 7) is 8.88. The SMILES string of the molecule is CCCCN(C(=O)CN1C[C@H](c2ccc3c(c2)OCO3)C(C(=O)O)[C@@H]1CCN1CC(C)(C)CC1=O)c1cccc(CN)c1. The normalized spacial score (nSPS) is 22.7. The van der Waals surface area contributed by atoms with Crippen LogP contribution in [0.15, 0.2) is 42.5 Å². The zero-order valence-corrected chi connectivity index (χ0v) is 25.5. The molecule has 0 saturated carbocycles. The van der Waals surface area contributed by atoms with E-state index in [-0.39, 0.29) is 36.5 Å². The molecule has 232 valence electrons. The Morgan fingerprint density at radius 3 is 2.63 bits per heavy atom. The quantitative estimate of drug-likeness (QED) is 0.381. The minimum absolute atomic E-state index is 0.0749. The first-order chi connectivity index (χ1) is 20.6. The monoisotopic (exact) mass is 592 g/mol. The van der Waals surface area contributed by atoms with Gasteiger partial charge in [-0.2, -0.15) is 0 Å². The topological polar surface area (TPSA) is 126 Å². The summed E-state index contributed by atoms with van der Waals surface area (Å²) in [5, 5.41) is 10.6. The number of anilines is 1. The van der Waals surface area contributed by atoms with E-state index in [0.29, 0.717) is 57.1 Å². The fourth-order valence-electron chi connectivity index (χ4n) is 6.83. The number of nitrogens with zero attached hydrogens (tertiary/aromatic N) is 3. The van der Waals surface area contributed by atoms with E-state index in [1.54, 1.807) is 4.90 Å². The molecular formula is C33H44N4O6. The van der Waals surface area contributed by atoms with Crippen molar-refractivity contribution >= 4 is 23.5 Å². The molecule has 10 heteroatoms. The van der Waals surface area contributed by atoms with Crippen LogP contribution in [0.2, 0.25) is 0 Å². The van der Waals surface area contributed by atoms with Gasteiger partial charge in [0.25, 0.3) is 0 Å². The molecule has 0 radical (unpaired) electrons. The number of aliphatic carboxylic acids is 1. The molecule has 3 aliphatic rings. The molecule has 2 aromatic carbocycles. The highest BCUT2D eigenvalue weighted by Crippen LogP contribution is 2.43. The van der Waals surface area contributed by atoms with Gasteiger partial charge in [-0.3, -0.25) is 19.3 Å². The van der Waals surface area contributed by atoms with E-state index in [9.17, 15) is 19.5 Å². The van der Waals surface area contributed by atoms with Gasteiger partial charge in [0.2, 0.25) is 18.6 Å². The maximum atomic E-state index is 14.0. The molecule has 0 aromatic heterocycles. The second-order valence-electron chi connectivity index (χ2n) is 12.8. The molecule has 3 aliphatic heterocycles. The van der Waals surface area contributed by atoms with Crippen LogP contribution >= 0.6 is 0 Å². The number of carbonyl (C=O) groups is 3. The number of hydrogen-bond donors (Lipinski definition) is 2. The van der Waals surface area contributed by atoms with Crippen molar-refractivity contribution in [2.24, 2.45) is 17.1 Å². The zero-order chi connectivity index (χ0) is 30.7. The lowest BCUT2D eigenvalue weighted by atomic mass is 9.84. The summed E-state index contributed by atoms with van der Waals surface area (Å²) < 4.78 is 11.1. The first-order valence-corrected chi connectivity index (χ1v) is 15.3. The number of carboxylic acids is 1. The molecule has 3 atom stereocenters. The van der Waals surface area contributed by atoms with E-state index in [4.69, 9.17) is 15.2 Å². The average molecular weight is 593 g/mol. The third-order valence-corrected chi connectivity index (χ3v) is 8.99. The van der Waals surface area contributed by atoms with Crippen molar-refractivity contribution < 1.29 is 29.0 Å². The lowest BCUT2D eigenvalue weighted by Gasteiger charge is -2.31. The highest BCUT2D eigenvalue weighted by atomic mass is 16.7. The van der Waals surface area contributed by atoms with E-state index in [1.165, 1.54) is 0 Å². The summed E-state index contributed by atoms with van der Waals surface area (Å²) in [5.41, 5.74) is 8.36. The Morgan fingerprint density at radius 2 is 1.93 bits per heavy atom. The molecule has 5 rings (SSSR count). The number of rotatable bonds is 12. The van der Waals surface area contributed by atoms with Crippen LogP contribution in [0.25, 0.3) is 0 Å². The van der Waals surface area contributed by atoms with Crippen molar-refractivity contribution in [2.75, 3.05) is 44.4 Å². The maximum absolute atomic E-state index is 14.0. The Labute approximate surface area is 253 Å². The molecule has 3 N–H and O–H groups in total. The molecule has 1 unspecified atom stereocenters. The van der Waals surface area contributed by atoms with Crippen LogP contribution in [0.5, 0.6) is 11.5 Å². The number of fused-ring (bicyclic) bond motifs is 1. The van der Waals surface area contributed by atoms with Crippen molar-refractivity contribution in [3.8, 4) is 11.5 Å². The van der Waals surface area contributed by atoms with Crippen molar-refractivity contribution in [1.29, 1.82) is 0 Å². The summed E-state index contributed by atoms with van der Waals surface area (Å²) in [7, 11) is 0. The van der Waals surface area contributed by atoms with Gasteiger partial charge in [-0.25, -0.2) is 0 Å². The van der Waals surface area contributed by atoms with E-state index >= 15 is 0 Å². The number of benzene rings is 2. The van der Waals surface area contributed by atoms with Crippen LogP contribution in [-0.2, 0) is 20.9 Å². The number of nitrogens with two attached hydrogens (primary N) is 1. The molecular weight excluding hydrogens is 548 g/mol. The largest absolute Gasteiger partial charge is 0.481 e. The summed E-state index contributed by atoms with van der Waals surface area (Å²) in [5.74, 6) is -0.781. The van der Waals surface area contributed by atoms with Gasteiger partial charge in [-0.15, -0.1) is 0 Å². The fraction of sp³-hybridized carbons (Fsp3) is 0.545. The van der Waals surface area contributed by atoms with Gasteiger partial charge in [0.1, 0.15) is 0 Å². The number of likely N-dealkylation sites (tertiary alicyclic amines) is 2. The molecule has 2 saturated heterocycles. The summed E-state index contributed by atoms with van der Waals surface area (Å²) in [6, 6.07) is 12.9. The van der Waals surface area contributed by atoms with Crippen LogP contribution in [0.4, 0.5) is 5.69 Å².